The topological polar surface area (TPSA) is 42.4 Å². The fourth-order valence-electron chi connectivity index (χ4n) is 2.99. The molecule has 1 atom stereocenters. The first-order valence-corrected chi connectivity index (χ1v) is 8.94. The SMILES string of the molecule is Cc1csc(C(=O)N2CC[C@H](Oc3ccc4ccccc4n3)C2)c1. The van der Waals surface area contributed by atoms with E-state index in [1.165, 1.54) is 11.3 Å². The third kappa shape index (κ3) is 2.99. The lowest BCUT2D eigenvalue weighted by Crippen LogP contribution is -2.30. The van der Waals surface area contributed by atoms with E-state index in [1.807, 2.05) is 59.7 Å². The predicted octanol–water partition coefficient (Wildman–Crippen LogP) is 3.90. The number of pyridine rings is 1. The summed E-state index contributed by atoms with van der Waals surface area (Å²) in [5.74, 6) is 0.727. The van der Waals surface area contributed by atoms with Gasteiger partial charge in [-0.15, -0.1) is 11.3 Å². The van der Waals surface area contributed by atoms with Gasteiger partial charge >= 0.3 is 0 Å². The third-order valence-electron chi connectivity index (χ3n) is 4.23. The number of thiophene rings is 1. The van der Waals surface area contributed by atoms with Crippen LogP contribution in [0.5, 0.6) is 5.88 Å². The number of carbonyl (C=O) groups excluding carboxylic acids is 1. The van der Waals surface area contributed by atoms with Crippen LogP contribution in [0.2, 0.25) is 0 Å². The summed E-state index contributed by atoms with van der Waals surface area (Å²) in [5.41, 5.74) is 2.06. The number of carbonyl (C=O) groups is 1. The molecule has 24 heavy (non-hydrogen) atoms. The molecule has 0 unspecified atom stereocenters. The van der Waals surface area contributed by atoms with Crippen LogP contribution in [0.25, 0.3) is 10.9 Å². The van der Waals surface area contributed by atoms with Crippen molar-refractivity contribution in [2.75, 3.05) is 13.1 Å². The largest absolute Gasteiger partial charge is 0.472 e. The molecule has 3 aromatic rings. The number of aryl methyl sites for hydroxylation is 1. The predicted molar refractivity (Wildman–Crippen MR) is 95.7 cm³/mol. The van der Waals surface area contributed by atoms with Crippen LogP contribution in [0.1, 0.15) is 21.7 Å². The highest BCUT2D eigenvalue weighted by atomic mass is 32.1. The Kier molecular flexibility index (Phi) is 3.94. The molecule has 0 N–H and O–H groups in total. The Morgan fingerprint density at radius 3 is 3.00 bits per heavy atom. The van der Waals surface area contributed by atoms with E-state index in [1.54, 1.807) is 0 Å². The molecule has 0 saturated carbocycles. The van der Waals surface area contributed by atoms with Gasteiger partial charge in [0.2, 0.25) is 5.88 Å². The number of aromatic nitrogens is 1. The molecule has 0 aliphatic carbocycles. The maximum Gasteiger partial charge on any atom is 0.264 e. The third-order valence-corrected chi connectivity index (χ3v) is 5.27. The number of para-hydroxylation sites is 1. The quantitative estimate of drug-likeness (QED) is 0.727. The molecule has 1 amide bonds. The first-order chi connectivity index (χ1) is 11.7. The van der Waals surface area contributed by atoms with Gasteiger partial charge in [-0.2, -0.15) is 0 Å². The number of rotatable bonds is 3. The Balaban J connectivity index is 1.43. The highest BCUT2D eigenvalue weighted by Crippen LogP contribution is 2.23. The molecule has 1 aliphatic heterocycles. The van der Waals surface area contributed by atoms with Crippen LogP contribution < -0.4 is 4.74 Å². The molecule has 4 nitrogen and oxygen atoms in total. The van der Waals surface area contributed by atoms with E-state index in [4.69, 9.17) is 4.74 Å². The van der Waals surface area contributed by atoms with Crippen LogP contribution in [0.4, 0.5) is 0 Å². The van der Waals surface area contributed by atoms with Gasteiger partial charge in [-0.1, -0.05) is 18.2 Å². The Morgan fingerprint density at radius 1 is 1.29 bits per heavy atom. The minimum Gasteiger partial charge on any atom is -0.472 e. The molecule has 1 aliphatic rings. The van der Waals surface area contributed by atoms with Crippen LogP contribution in [0.3, 0.4) is 0 Å². The van der Waals surface area contributed by atoms with Crippen molar-refractivity contribution in [2.45, 2.75) is 19.4 Å². The lowest BCUT2D eigenvalue weighted by molar-refractivity contribution is 0.0776. The summed E-state index contributed by atoms with van der Waals surface area (Å²) in [6, 6.07) is 13.8. The zero-order valence-corrected chi connectivity index (χ0v) is 14.3. The van der Waals surface area contributed by atoms with Gasteiger partial charge in [0.25, 0.3) is 5.91 Å². The van der Waals surface area contributed by atoms with Crippen molar-refractivity contribution in [2.24, 2.45) is 0 Å². The second-order valence-electron chi connectivity index (χ2n) is 6.11. The van der Waals surface area contributed by atoms with E-state index >= 15 is 0 Å². The Labute approximate surface area is 144 Å². The van der Waals surface area contributed by atoms with Gasteiger partial charge in [-0.3, -0.25) is 4.79 Å². The Bertz CT molecular complexity index is 890. The minimum absolute atomic E-state index is 0.00340. The van der Waals surface area contributed by atoms with E-state index in [0.717, 1.165) is 34.3 Å². The lowest BCUT2D eigenvalue weighted by Gasteiger charge is -2.16. The first-order valence-electron chi connectivity index (χ1n) is 8.06. The molecular formula is C19H18N2O2S. The first kappa shape index (κ1) is 15.1. The number of nitrogens with zero attached hydrogens (tertiary/aromatic N) is 2. The summed E-state index contributed by atoms with van der Waals surface area (Å²) in [5, 5.41) is 3.11. The van der Waals surface area contributed by atoms with Gasteiger partial charge < -0.3 is 9.64 Å². The van der Waals surface area contributed by atoms with E-state index < -0.39 is 0 Å². The zero-order valence-electron chi connectivity index (χ0n) is 13.4. The number of ether oxygens (including phenoxy) is 1. The summed E-state index contributed by atoms with van der Waals surface area (Å²) in [6.45, 7) is 3.35. The van der Waals surface area contributed by atoms with Gasteiger partial charge in [0.1, 0.15) is 6.10 Å². The van der Waals surface area contributed by atoms with E-state index in [9.17, 15) is 4.79 Å². The molecular weight excluding hydrogens is 320 g/mol. The van der Waals surface area contributed by atoms with E-state index in [0.29, 0.717) is 12.4 Å². The summed E-state index contributed by atoms with van der Waals surface area (Å²) >= 11 is 1.51. The average molecular weight is 338 g/mol. The van der Waals surface area contributed by atoms with Crippen molar-refractivity contribution in [1.29, 1.82) is 0 Å². The van der Waals surface area contributed by atoms with Crippen molar-refractivity contribution in [3.63, 3.8) is 0 Å². The van der Waals surface area contributed by atoms with Crippen LogP contribution in [-0.2, 0) is 0 Å². The lowest BCUT2D eigenvalue weighted by atomic mass is 10.2. The summed E-state index contributed by atoms with van der Waals surface area (Å²) in [4.78, 5) is 19.7. The summed E-state index contributed by atoms with van der Waals surface area (Å²) < 4.78 is 6.00. The number of fused-ring (bicyclic) bond motifs is 1. The normalized spacial score (nSPS) is 17.4. The maximum absolute atomic E-state index is 12.5. The smallest absolute Gasteiger partial charge is 0.264 e. The fraction of sp³-hybridized carbons (Fsp3) is 0.263. The molecule has 0 spiro atoms. The van der Waals surface area contributed by atoms with E-state index in [-0.39, 0.29) is 12.0 Å². The Morgan fingerprint density at radius 2 is 2.17 bits per heavy atom. The van der Waals surface area contributed by atoms with Gasteiger partial charge in [-0.05, 0) is 36.1 Å². The molecule has 122 valence electrons. The molecule has 0 bridgehead atoms. The van der Waals surface area contributed by atoms with E-state index in [2.05, 4.69) is 4.98 Å². The van der Waals surface area contributed by atoms with Crippen LogP contribution in [0.15, 0.2) is 47.8 Å². The van der Waals surface area contributed by atoms with Crippen molar-refractivity contribution >= 4 is 28.1 Å². The van der Waals surface area contributed by atoms with Crippen molar-refractivity contribution in [3.8, 4) is 5.88 Å². The number of likely N-dealkylation sites (tertiary alicyclic amines) is 1. The van der Waals surface area contributed by atoms with Crippen molar-refractivity contribution in [3.05, 3.63) is 58.3 Å². The molecule has 1 fully saturated rings. The number of amides is 1. The number of benzene rings is 1. The second-order valence-corrected chi connectivity index (χ2v) is 7.02. The average Bonchev–Trinajstić information content (AvgIpc) is 3.23. The second kappa shape index (κ2) is 6.24. The van der Waals surface area contributed by atoms with Crippen LogP contribution >= 0.6 is 11.3 Å². The molecule has 0 radical (unpaired) electrons. The molecule has 3 heterocycles. The van der Waals surface area contributed by atoms with Gasteiger partial charge in [0.15, 0.2) is 0 Å². The minimum atomic E-state index is 0.00340. The van der Waals surface area contributed by atoms with Gasteiger partial charge in [-0.25, -0.2) is 4.98 Å². The van der Waals surface area contributed by atoms with Crippen molar-refractivity contribution in [1.82, 2.24) is 9.88 Å². The number of hydrogen-bond donors (Lipinski definition) is 0. The summed E-state index contributed by atoms with van der Waals surface area (Å²) in [7, 11) is 0. The van der Waals surface area contributed by atoms with Gasteiger partial charge in [0.05, 0.1) is 16.9 Å². The van der Waals surface area contributed by atoms with Crippen molar-refractivity contribution < 1.29 is 9.53 Å². The monoisotopic (exact) mass is 338 g/mol. The molecule has 1 saturated heterocycles. The summed E-state index contributed by atoms with van der Waals surface area (Å²) in [6.07, 6.45) is 0.841. The Hall–Kier alpha value is -2.40. The van der Waals surface area contributed by atoms with Crippen LogP contribution in [0, 0.1) is 6.92 Å². The molecule has 4 rings (SSSR count). The highest BCUT2D eigenvalue weighted by molar-refractivity contribution is 7.12. The maximum atomic E-state index is 12.5. The molecule has 2 aromatic heterocycles. The molecule has 5 heteroatoms. The van der Waals surface area contributed by atoms with Crippen LogP contribution in [-0.4, -0.2) is 35.0 Å². The number of hydrogen-bond acceptors (Lipinski definition) is 4. The van der Waals surface area contributed by atoms with Gasteiger partial charge in [0, 0.05) is 24.4 Å². The fourth-order valence-corrected chi connectivity index (χ4v) is 3.86. The molecule has 1 aromatic carbocycles. The highest BCUT2D eigenvalue weighted by Gasteiger charge is 2.29. The zero-order chi connectivity index (χ0) is 16.5. The standard InChI is InChI=1S/C19H18N2O2S/c1-13-10-17(24-12-13)19(22)21-9-8-15(11-21)23-18-7-6-14-4-2-3-5-16(14)20-18/h2-7,10,12,15H,8-9,11H2,1H3/t15-/m0/s1.